The Morgan fingerprint density at radius 2 is 0.590 bits per heavy atom. The lowest BCUT2D eigenvalue weighted by molar-refractivity contribution is -0.302. The van der Waals surface area contributed by atoms with Crippen LogP contribution in [0.1, 0.15) is 157 Å². The summed E-state index contributed by atoms with van der Waals surface area (Å²) in [6, 6.07) is 35.2. The number of carbonyl (C=O) groups is 6. The van der Waals surface area contributed by atoms with Crippen LogP contribution in [0, 0.1) is 42.4 Å². The molecule has 18 heteroatoms. The van der Waals surface area contributed by atoms with Gasteiger partial charge in [0.15, 0.2) is 19.7 Å². The van der Waals surface area contributed by atoms with E-state index in [4.69, 9.17) is 0 Å². The van der Waals surface area contributed by atoms with Crippen LogP contribution in [0.15, 0.2) is 131 Å². The Bertz CT molecular complexity index is 2930. The number of amides is 4. The smallest absolute Gasteiger partial charge is 0.230 e. The van der Waals surface area contributed by atoms with Crippen molar-refractivity contribution in [2.45, 2.75) is 166 Å². The zero-order valence-electron chi connectivity index (χ0n) is 51.8. The second kappa shape index (κ2) is 33.2. The fraction of sp³-hybridized carbons (Fsp3) is 0.446. The quantitative estimate of drug-likeness (QED) is 0.0567. The maximum absolute atomic E-state index is 12.0. The van der Waals surface area contributed by atoms with Crippen molar-refractivity contribution in [2.24, 2.45) is 21.7 Å². The Morgan fingerprint density at radius 1 is 0.386 bits per heavy atom. The van der Waals surface area contributed by atoms with Crippen LogP contribution < -0.4 is 31.5 Å². The third-order valence-corrected chi connectivity index (χ3v) is 17.6. The Labute approximate surface area is 494 Å². The summed E-state index contributed by atoms with van der Waals surface area (Å²) in [5.41, 5.74) is 6.18. The van der Waals surface area contributed by atoms with Gasteiger partial charge < -0.3 is 41.1 Å². The molecule has 4 amide bonds. The number of carboxylic acid groups (broad SMARTS) is 2. The number of carbonyl (C=O) groups excluding carboxylic acids is 6. The molecule has 4 N–H and O–H groups in total. The van der Waals surface area contributed by atoms with Crippen molar-refractivity contribution in [2.75, 3.05) is 32.8 Å². The molecule has 0 saturated heterocycles. The Kier molecular flexibility index (Phi) is 29.5. The van der Waals surface area contributed by atoms with Gasteiger partial charge in [-0.1, -0.05) is 162 Å². The first kappa shape index (κ1) is 73.8. The van der Waals surface area contributed by atoms with E-state index in [9.17, 15) is 55.8 Å². The van der Waals surface area contributed by atoms with Gasteiger partial charge in [0, 0.05) is 44.4 Å². The van der Waals surface area contributed by atoms with Crippen molar-refractivity contribution >= 4 is 78.0 Å². The summed E-state index contributed by atoms with van der Waals surface area (Å²) in [6.45, 7) is 33.6. The molecule has 0 aliphatic heterocycles. The number of nitrogens with one attached hydrogen (secondary N) is 4. The molecule has 0 aliphatic carbocycles. The first-order chi connectivity index (χ1) is 38.3. The molecule has 1 unspecified atom stereocenters. The van der Waals surface area contributed by atoms with E-state index >= 15 is 0 Å². The zero-order chi connectivity index (χ0) is 63.7. The van der Waals surface area contributed by atoms with Gasteiger partial charge in [0.2, 0.25) is 23.6 Å². The van der Waals surface area contributed by atoms with Crippen molar-refractivity contribution in [3.63, 3.8) is 0 Å². The van der Waals surface area contributed by atoms with E-state index in [1.165, 1.54) is 77.2 Å². The number of aliphatic carboxylic acids is 2. The van der Waals surface area contributed by atoms with Gasteiger partial charge in [0.1, 0.15) is 0 Å². The highest BCUT2D eigenvalue weighted by Crippen LogP contribution is 2.27. The average Bonchev–Trinajstić information content (AvgIpc) is 3.52. The summed E-state index contributed by atoms with van der Waals surface area (Å²) in [5.74, 6) is -4.93. The lowest BCUT2D eigenvalue weighted by Gasteiger charge is -2.21. The molecule has 0 radical (unpaired) electrons. The van der Waals surface area contributed by atoms with Crippen molar-refractivity contribution in [3.05, 3.63) is 144 Å². The predicted octanol–water partition coefficient (Wildman–Crippen LogP) is 11.4. The Morgan fingerprint density at radius 3 is 0.783 bits per heavy atom. The molecule has 0 fully saturated rings. The van der Waals surface area contributed by atoms with Crippen molar-refractivity contribution in [3.8, 4) is 0 Å². The summed E-state index contributed by atoms with van der Waals surface area (Å²) in [5, 5.41) is 32.0. The van der Waals surface area contributed by atoms with E-state index < -0.39 is 53.9 Å². The molecule has 5 aromatic rings. The lowest BCUT2D eigenvalue weighted by atomic mass is 9.89. The molecular formula is C65H90N4O12S2-2. The number of hydrogen-bond acceptors (Lipinski definition) is 12. The minimum Gasteiger partial charge on any atom is -0.549 e. The summed E-state index contributed by atoms with van der Waals surface area (Å²) in [7, 11) is -7.83. The molecule has 0 bridgehead atoms. The van der Waals surface area contributed by atoms with Gasteiger partial charge in [0.05, 0.1) is 33.2 Å². The number of benzene rings is 5. The van der Waals surface area contributed by atoms with Crippen LogP contribution in [0.2, 0.25) is 0 Å². The topological polar surface area (TPSA) is 265 Å². The summed E-state index contributed by atoms with van der Waals surface area (Å²) in [6.07, 6.45) is 4.23. The maximum atomic E-state index is 12.0. The van der Waals surface area contributed by atoms with Crippen LogP contribution in [0.5, 0.6) is 0 Å². The first-order valence-electron chi connectivity index (χ1n) is 27.8. The number of rotatable bonds is 20. The van der Waals surface area contributed by atoms with E-state index in [1.807, 2.05) is 118 Å². The molecule has 83 heavy (non-hydrogen) atoms. The van der Waals surface area contributed by atoms with Crippen LogP contribution in [0.3, 0.4) is 0 Å². The fourth-order valence-electron chi connectivity index (χ4n) is 6.22. The van der Waals surface area contributed by atoms with Crippen molar-refractivity contribution < 1.29 is 55.8 Å². The van der Waals surface area contributed by atoms with Gasteiger partial charge in [-0.05, 0) is 137 Å². The molecule has 5 rings (SSSR count). The third-order valence-electron chi connectivity index (χ3n) is 14.4. The number of hydrogen-bond donors (Lipinski definition) is 4. The monoisotopic (exact) mass is 1180 g/mol. The van der Waals surface area contributed by atoms with Gasteiger partial charge in [0.25, 0.3) is 0 Å². The zero-order valence-corrected chi connectivity index (χ0v) is 53.4. The molecule has 0 heterocycles. The highest BCUT2D eigenvalue weighted by Gasteiger charge is 2.28. The second-order valence-electron chi connectivity index (χ2n) is 23.0. The van der Waals surface area contributed by atoms with Crippen molar-refractivity contribution in [1.82, 2.24) is 0 Å². The normalized spacial score (nSPS) is 11.8. The Balaban J connectivity index is 0.000000528. The van der Waals surface area contributed by atoms with E-state index in [2.05, 4.69) is 66.3 Å². The van der Waals surface area contributed by atoms with Gasteiger partial charge in [-0.15, -0.1) is 0 Å². The fourth-order valence-corrected chi connectivity index (χ4v) is 8.27. The second-order valence-corrected chi connectivity index (χ2v) is 27.0. The number of aryl methyl sites for hydroxylation is 3. The molecule has 5 aromatic carbocycles. The molecule has 0 aromatic heterocycles. The molecule has 16 nitrogen and oxygen atoms in total. The average molecular weight is 1180 g/mol. The largest absolute Gasteiger partial charge is 0.549 e. The number of sulfone groups is 2. The molecule has 1 atom stereocenters. The van der Waals surface area contributed by atoms with E-state index in [0.29, 0.717) is 30.1 Å². The standard InChI is InChI=1S/2C14H19NO5S.2C13H19NO.C11H16/c2*1-4-14(2,3)13(18)15-10-5-7-11(8-6-10)21(19,20)9-12(16)17;2*1-5-13(3,4)12(15)14-11-8-6-10(2)7-9-11;1-4-10(3)11-7-5-9(2)6-8-11/h2*5-8H,4,9H2,1-3H3,(H,15,18)(H,16,17);2*6-9H,5H2,1-4H3,(H,14,15);5-8,10H,4H2,1-3H3/p-2. The minimum atomic E-state index is -3.91. The molecule has 456 valence electrons. The first-order valence-corrected chi connectivity index (χ1v) is 31.1. The SMILES string of the molecule is CCC(C)(C)C(=O)Nc1ccc(C)cc1.CCC(C)(C)C(=O)Nc1ccc(C)cc1.CCC(C)(C)C(=O)Nc1ccc(S(=O)(=O)CC(=O)[O-])cc1.CCC(C)(C)C(=O)Nc1ccc(S(=O)(=O)CC(=O)[O-])cc1.CCC(C)c1ccc(C)cc1. The molecule has 0 aliphatic rings. The lowest BCUT2D eigenvalue weighted by Crippen LogP contribution is -2.31. The van der Waals surface area contributed by atoms with Crippen LogP contribution in [0.25, 0.3) is 0 Å². The van der Waals surface area contributed by atoms with E-state index in [0.717, 1.165) is 24.2 Å². The molecular weight excluding hydrogens is 1090 g/mol. The van der Waals surface area contributed by atoms with Crippen LogP contribution in [-0.4, -0.2) is 63.9 Å². The minimum absolute atomic E-state index is 0.0776. The highest BCUT2D eigenvalue weighted by atomic mass is 32.2. The van der Waals surface area contributed by atoms with E-state index in [1.54, 1.807) is 27.7 Å². The Hall–Kier alpha value is -7.18. The van der Waals surface area contributed by atoms with Crippen LogP contribution >= 0.6 is 0 Å². The third kappa shape index (κ3) is 26.3. The van der Waals surface area contributed by atoms with Gasteiger partial charge >= 0.3 is 0 Å². The van der Waals surface area contributed by atoms with Gasteiger partial charge in [-0.25, -0.2) is 16.8 Å². The number of anilines is 4. The maximum Gasteiger partial charge on any atom is 0.230 e. The summed E-state index contributed by atoms with van der Waals surface area (Å²) < 4.78 is 46.7. The van der Waals surface area contributed by atoms with E-state index in [-0.39, 0.29) is 44.2 Å². The van der Waals surface area contributed by atoms with Gasteiger partial charge in [-0.2, -0.15) is 0 Å². The van der Waals surface area contributed by atoms with Crippen LogP contribution in [-0.2, 0) is 48.4 Å². The van der Waals surface area contributed by atoms with Crippen LogP contribution in [0.4, 0.5) is 22.7 Å². The van der Waals surface area contributed by atoms with Gasteiger partial charge in [-0.3, -0.25) is 19.2 Å². The summed E-state index contributed by atoms with van der Waals surface area (Å²) in [4.78, 5) is 68.2. The predicted molar refractivity (Wildman–Crippen MR) is 330 cm³/mol. The summed E-state index contributed by atoms with van der Waals surface area (Å²) >= 11 is 0. The van der Waals surface area contributed by atoms with Crippen molar-refractivity contribution in [1.29, 1.82) is 0 Å². The molecule has 0 saturated carbocycles. The molecule has 0 spiro atoms. The number of carboxylic acids is 2. The highest BCUT2D eigenvalue weighted by molar-refractivity contribution is 7.92.